The van der Waals surface area contributed by atoms with Crippen LogP contribution >= 0.6 is 0 Å². The summed E-state index contributed by atoms with van der Waals surface area (Å²) < 4.78 is 15.4. The number of epoxide rings is 1. The Morgan fingerprint density at radius 3 is 2.71 bits per heavy atom. The Balaban J connectivity index is 1.58. The normalized spacial score (nSPS) is 32.0. The molecule has 0 N–H and O–H groups in total. The first-order chi connectivity index (χ1) is 9.94. The Hall–Kier alpha value is -1.10. The predicted molar refractivity (Wildman–Crippen MR) is 76.6 cm³/mol. The van der Waals surface area contributed by atoms with Gasteiger partial charge in [-0.15, -0.1) is 0 Å². The number of methoxy groups -OCH3 is 1. The van der Waals surface area contributed by atoms with Crippen LogP contribution in [0.25, 0.3) is 0 Å². The largest absolute Gasteiger partial charge is 0.469 e. The van der Waals surface area contributed by atoms with E-state index in [0.29, 0.717) is 24.5 Å². The van der Waals surface area contributed by atoms with Gasteiger partial charge in [0.15, 0.2) is 0 Å². The van der Waals surface area contributed by atoms with Crippen LogP contribution in [0.1, 0.15) is 52.4 Å². The van der Waals surface area contributed by atoms with E-state index in [0.717, 1.165) is 19.3 Å². The molecule has 0 aromatic carbocycles. The fourth-order valence-electron chi connectivity index (χ4n) is 3.16. The molecule has 2 aliphatic rings. The molecule has 2 fully saturated rings. The van der Waals surface area contributed by atoms with Gasteiger partial charge in [0.1, 0.15) is 0 Å². The fraction of sp³-hybridized carbons (Fsp3) is 0.875. The zero-order valence-corrected chi connectivity index (χ0v) is 13.2. The highest BCUT2D eigenvalue weighted by atomic mass is 16.6. The van der Waals surface area contributed by atoms with Crippen molar-refractivity contribution in [1.29, 1.82) is 0 Å². The molecule has 0 bridgehead atoms. The standard InChI is InChI=1S/C16H26O5/c1-11(12-6-8-16(2)13(10-12)21-16)7-9-20-15(18)5-4-14(17)19-3/h11-13H,4-10H2,1-3H3. The van der Waals surface area contributed by atoms with E-state index in [4.69, 9.17) is 9.47 Å². The van der Waals surface area contributed by atoms with E-state index >= 15 is 0 Å². The lowest BCUT2D eigenvalue weighted by atomic mass is 9.76. The van der Waals surface area contributed by atoms with E-state index < -0.39 is 0 Å². The molecule has 5 heteroatoms. The molecule has 1 heterocycles. The van der Waals surface area contributed by atoms with Gasteiger partial charge in [0.25, 0.3) is 0 Å². The van der Waals surface area contributed by atoms with Crippen LogP contribution in [-0.4, -0.2) is 37.4 Å². The van der Waals surface area contributed by atoms with E-state index in [2.05, 4.69) is 18.6 Å². The number of esters is 2. The maximum atomic E-state index is 11.5. The van der Waals surface area contributed by atoms with E-state index in [9.17, 15) is 9.59 Å². The summed E-state index contributed by atoms with van der Waals surface area (Å²) in [6.07, 6.45) is 4.98. The van der Waals surface area contributed by atoms with Crippen molar-refractivity contribution in [3.8, 4) is 0 Å². The summed E-state index contributed by atoms with van der Waals surface area (Å²) in [7, 11) is 1.31. The summed E-state index contributed by atoms with van der Waals surface area (Å²) in [4.78, 5) is 22.4. The molecule has 120 valence electrons. The molecule has 0 aromatic heterocycles. The zero-order chi connectivity index (χ0) is 15.5. The molecule has 1 saturated heterocycles. The van der Waals surface area contributed by atoms with Crippen molar-refractivity contribution < 1.29 is 23.8 Å². The summed E-state index contributed by atoms with van der Waals surface area (Å²) in [5.74, 6) is 0.496. The highest BCUT2D eigenvalue weighted by Crippen LogP contribution is 2.50. The molecule has 2 rings (SSSR count). The third-order valence-electron chi connectivity index (χ3n) is 4.97. The molecular weight excluding hydrogens is 272 g/mol. The van der Waals surface area contributed by atoms with Gasteiger partial charge in [-0.05, 0) is 44.4 Å². The van der Waals surface area contributed by atoms with Gasteiger partial charge in [-0.2, -0.15) is 0 Å². The van der Waals surface area contributed by atoms with Gasteiger partial charge < -0.3 is 14.2 Å². The van der Waals surface area contributed by atoms with Gasteiger partial charge in [0, 0.05) is 0 Å². The van der Waals surface area contributed by atoms with E-state index in [1.54, 1.807) is 0 Å². The number of ether oxygens (including phenoxy) is 3. The Morgan fingerprint density at radius 1 is 1.33 bits per heavy atom. The second-order valence-corrected chi connectivity index (χ2v) is 6.52. The Morgan fingerprint density at radius 2 is 2.05 bits per heavy atom. The minimum atomic E-state index is -0.380. The molecule has 21 heavy (non-hydrogen) atoms. The molecule has 4 unspecified atom stereocenters. The fourth-order valence-corrected chi connectivity index (χ4v) is 3.16. The van der Waals surface area contributed by atoms with Crippen molar-refractivity contribution in [1.82, 2.24) is 0 Å². The van der Waals surface area contributed by atoms with Crippen LogP contribution in [0.5, 0.6) is 0 Å². The van der Waals surface area contributed by atoms with Crippen LogP contribution in [-0.2, 0) is 23.8 Å². The molecule has 0 radical (unpaired) electrons. The van der Waals surface area contributed by atoms with E-state index in [1.165, 1.54) is 13.5 Å². The summed E-state index contributed by atoms with van der Waals surface area (Å²) >= 11 is 0. The molecule has 0 aromatic rings. The smallest absolute Gasteiger partial charge is 0.306 e. The van der Waals surface area contributed by atoms with Crippen molar-refractivity contribution in [3.63, 3.8) is 0 Å². The van der Waals surface area contributed by atoms with Crippen molar-refractivity contribution in [3.05, 3.63) is 0 Å². The molecule has 4 atom stereocenters. The number of rotatable bonds is 7. The zero-order valence-electron chi connectivity index (χ0n) is 13.2. The number of fused-ring (bicyclic) bond motifs is 1. The summed E-state index contributed by atoms with van der Waals surface area (Å²) in [5.41, 5.74) is 0.163. The number of hydrogen-bond acceptors (Lipinski definition) is 5. The van der Waals surface area contributed by atoms with E-state index in [1.807, 2.05) is 0 Å². The molecule has 5 nitrogen and oxygen atoms in total. The lowest BCUT2D eigenvalue weighted by molar-refractivity contribution is -0.149. The monoisotopic (exact) mass is 298 g/mol. The minimum absolute atomic E-state index is 0.0884. The molecule has 0 spiro atoms. The van der Waals surface area contributed by atoms with Crippen molar-refractivity contribution in [2.75, 3.05) is 13.7 Å². The highest BCUT2D eigenvalue weighted by Gasteiger charge is 2.55. The first-order valence-electron chi connectivity index (χ1n) is 7.85. The Kier molecular flexibility index (Phi) is 5.25. The molecule has 0 amide bonds. The lowest BCUT2D eigenvalue weighted by Crippen LogP contribution is -2.26. The second kappa shape index (κ2) is 6.77. The topological polar surface area (TPSA) is 65.1 Å². The highest BCUT2D eigenvalue weighted by molar-refractivity contribution is 5.77. The van der Waals surface area contributed by atoms with Crippen molar-refractivity contribution in [2.45, 2.75) is 64.1 Å². The van der Waals surface area contributed by atoms with Crippen LogP contribution in [0.4, 0.5) is 0 Å². The van der Waals surface area contributed by atoms with Crippen molar-refractivity contribution >= 4 is 11.9 Å². The SMILES string of the molecule is COC(=O)CCC(=O)OCCC(C)C1CCC2(C)OC2C1. The van der Waals surface area contributed by atoms with Crippen LogP contribution in [0.2, 0.25) is 0 Å². The Bertz CT molecular complexity index is 394. The van der Waals surface area contributed by atoms with Crippen LogP contribution in [0.3, 0.4) is 0 Å². The average Bonchev–Trinajstić information content (AvgIpc) is 3.14. The molecule has 1 saturated carbocycles. The third kappa shape index (κ3) is 4.43. The third-order valence-corrected chi connectivity index (χ3v) is 4.97. The minimum Gasteiger partial charge on any atom is -0.469 e. The molecular formula is C16H26O5. The summed E-state index contributed by atoms with van der Waals surface area (Å²) in [6, 6.07) is 0. The predicted octanol–water partition coefficient (Wildman–Crippen LogP) is 2.47. The summed E-state index contributed by atoms with van der Waals surface area (Å²) in [5, 5.41) is 0. The number of hydrogen-bond donors (Lipinski definition) is 0. The second-order valence-electron chi connectivity index (χ2n) is 6.52. The number of carbonyl (C=O) groups excluding carboxylic acids is 2. The van der Waals surface area contributed by atoms with Gasteiger partial charge in [0.05, 0.1) is 38.3 Å². The average molecular weight is 298 g/mol. The first-order valence-corrected chi connectivity index (χ1v) is 7.85. The number of carbonyl (C=O) groups is 2. The van der Waals surface area contributed by atoms with Crippen LogP contribution in [0.15, 0.2) is 0 Å². The maximum absolute atomic E-state index is 11.5. The van der Waals surface area contributed by atoms with Crippen LogP contribution < -0.4 is 0 Å². The van der Waals surface area contributed by atoms with E-state index in [-0.39, 0.29) is 30.4 Å². The lowest BCUT2D eigenvalue weighted by Gasteiger charge is -2.27. The maximum Gasteiger partial charge on any atom is 0.306 e. The van der Waals surface area contributed by atoms with Gasteiger partial charge >= 0.3 is 11.9 Å². The Labute approximate surface area is 126 Å². The van der Waals surface area contributed by atoms with Gasteiger partial charge in [-0.3, -0.25) is 9.59 Å². The van der Waals surface area contributed by atoms with Crippen LogP contribution in [0, 0.1) is 11.8 Å². The van der Waals surface area contributed by atoms with Gasteiger partial charge in [-0.25, -0.2) is 0 Å². The van der Waals surface area contributed by atoms with Gasteiger partial charge in [-0.1, -0.05) is 6.92 Å². The van der Waals surface area contributed by atoms with Crippen molar-refractivity contribution in [2.24, 2.45) is 11.8 Å². The quantitative estimate of drug-likeness (QED) is 0.533. The molecule has 1 aliphatic heterocycles. The van der Waals surface area contributed by atoms with Gasteiger partial charge in [0.2, 0.25) is 0 Å². The summed E-state index contributed by atoms with van der Waals surface area (Å²) in [6.45, 7) is 4.85. The first kappa shape index (κ1) is 16.3. The molecule has 1 aliphatic carbocycles.